The van der Waals surface area contributed by atoms with Crippen LogP contribution < -0.4 is 0 Å². The molecule has 3 aliphatic rings. The summed E-state index contributed by atoms with van der Waals surface area (Å²) in [5.41, 5.74) is 9.83. The van der Waals surface area contributed by atoms with Gasteiger partial charge in [-0.05, 0) is 17.4 Å². The molecule has 1 saturated carbocycles. The zero-order chi connectivity index (χ0) is 31.2. The summed E-state index contributed by atoms with van der Waals surface area (Å²) in [5, 5.41) is 0. The number of halogens is 2. The number of benzene rings is 3. The third-order valence-electron chi connectivity index (χ3n) is 7.68. The van der Waals surface area contributed by atoms with Crippen LogP contribution in [0.25, 0.3) is 11.1 Å². The predicted octanol–water partition coefficient (Wildman–Crippen LogP) is 12.0. The molecule has 240 valence electrons. The molecule has 3 aromatic rings. The molecule has 3 aromatic carbocycles. The van der Waals surface area contributed by atoms with Crippen LogP contribution in [0.2, 0.25) is 0 Å². The van der Waals surface area contributed by atoms with Gasteiger partial charge in [0.05, 0.1) is 0 Å². The van der Waals surface area contributed by atoms with E-state index in [9.17, 15) is 0 Å². The van der Waals surface area contributed by atoms with E-state index in [1.54, 1.807) is 0 Å². The van der Waals surface area contributed by atoms with Gasteiger partial charge in [-0.1, -0.05) is 114 Å². The molecule has 0 atom stereocenters. The van der Waals surface area contributed by atoms with Crippen LogP contribution in [0, 0.1) is 31.9 Å². The Labute approximate surface area is 298 Å². The summed E-state index contributed by atoms with van der Waals surface area (Å²) in [6.45, 7) is 21.4. The van der Waals surface area contributed by atoms with E-state index < -0.39 is 0 Å². The van der Waals surface area contributed by atoms with E-state index >= 15 is 0 Å². The van der Waals surface area contributed by atoms with E-state index in [0.717, 1.165) is 24.3 Å². The van der Waals surface area contributed by atoms with E-state index in [-0.39, 0.29) is 35.6 Å². The van der Waals surface area contributed by atoms with Crippen molar-refractivity contribution in [2.75, 3.05) is 0 Å². The Hall–Kier alpha value is -1.66. The summed E-state index contributed by atoms with van der Waals surface area (Å²) in [6.07, 6.45) is 18.1. The molecule has 1 fully saturated rings. The first-order valence-electron chi connectivity index (χ1n) is 15.4. The van der Waals surface area contributed by atoms with Gasteiger partial charge < -0.3 is 6.92 Å². The van der Waals surface area contributed by atoms with Gasteiger partial charge in [0.25, 0.3) is 0 Å². The summed E-state index contributed by atoms with van der Waals surface area (Å²) >= 11 is 1.30. The van der Waals surface area contributed by atoms with Crippen LogP contribution in [0.5, 0.6) is 0 Å². The Balaban J connectivity index is 0.000000658. The van der Waals surface area contributed by atoms with Gasteiger partial charge in [0.1, 0.15) is 0 Å². The fraction of sp³-hybridized carbons (Fsp3) is 0.390. The summed E-state index contributed by atoms with van der Waals surface area (Å²) in [4.78, 5) is 0. The van der Waals surface area contributed by atoms with E-state index in [0.29, 0.717) is 0 Å². The van der Waals surface area contributed by atoms with Crippen molar-refractivity contribution in [3.05, 3.63) is 133 Å². The maximum absolute atomic E-state index is 4.00. The molecule has 0 aromatic heterocycles. The molecular formula is C41H54Cl2Zr-4. The topological polar surface area (TPSA) is 0 Å². The molecule has 0 radical (unpaired) electrons. The van der Waals surface area contributed by atoms with E-state index in [1.807, 2.05) is 42.5 Å². The molecule has 0 unspecified atom stereocenters. The first-order chi connectivity index (χ1) is 19.9. The van der Waals surface area contributed by atoms with Crippen LogP contribution in [0.1, 0.15) is 108 Å². The van der Waals surface area contributed by atoms with Crippen molar-refractivity contribution in [3.63, 3.8) is 0 Å². The summed E-state index contributed by atoms with van der Waals surface area (Å²) in [5.74, 6) is 0.786. The molecule has 0 N–H and O–H groups in total. The molecule has 0 aliphatic heterocycles. The summed E-state index contributed by atoms with van der Waals surface area (Å²) in [7, 11) is 0. The zero-order valence-corrected chi connectivity index (χ0v) is 32.1. The number of allylic oxidation sites excluding steroid dienone is 4. The van der Waals surface area contributed by atoms with Gasteiger partial charge in [-0.3, -0.25) is 6.08 Å². The van der Waals surface area contributed by atoms with E-state index in [1.165, 1.54) is 89.7 Å². The minimum atomic E-state index is 0. The maximum atomic E-state index is 4.00. The molecule has 0 heterocycles. The monoisotopic (exact) mass is 706 g/mol. The van der Waals surface area contributed by atoms with Crippen LogP contribution >= 0.6 is 24.8 Å². The third-order valence-corrected chi connectivity index (χ3v) is 7.68. The second-order valence-electron chi connectivity index (χ2n) is 13.3. The van der Waals surface area contributed by atoms with Crippen molar-refractivity contribution in [2.24, 2.45) is 5.92 Å². The van der Waals surface area contributed by atoms with Gasteiger partial charge in [0, 0.05) is 0 Å². The SMILES string of the molecule is CC(C)(C)c1c[c-]c2c(c1)-c1cc(C(C)(C)C)ccc1C2.Cl.Cl.[C-]1=CC=CC1.[CH2-]C1CCCCC1.[CH2-]c1ccccc1.[CH2]=[Zr]. The minimum absolute atomic E-state index is 0. The van der Waals surface area contributed by atoms with Crippen molar-refractivity contribution >= 4 is 29.0 Å². The fourth-order valence-electron chi connectivity index (χ4n) is 4.99. The number of fused-ring (bicyclic) bond motifs is 3. The molecule has 0 bridgehead atoms. The quantitative estimate of drug-likeness (QED) is 0.160. The van der Waals surface area contributed by atoms with Gasteiger partial charge in [-0.15, -0.1) is 48.9 Å². The molecule has 0 saturated heterocycles. The van der Waals surface area contributed by atoms with Crippen LogP contribution in [0.4, 0.5) is 0 Å². The molecule has 3 aliphatic carbocycles. The summed E-state index contributed by atoms with van der Waals surface area (Å²) < 4.78 is 3.34. The average Bonchev–Trinajstić information content (AvgIpc) is 3.66. The Morgan fingerprint density at radius 2 is 1.39 bits per heavy atom. The second kappa shape index (κ2) is 21.2. The van der Waals surface area contributed by atoms with Gasteiger partial charge >= 0.3 is 28.4 Å². The third kappa shape index (κ3) is 14.6. The van der Waals surface area contributed by atoms with Crippen LogP contribution in [-0.2, 0) is 41.5 Å². The van der Waals surface area contributed by atoms with Crippen molar-refractivity contribution in [2.45, 2.75) is 97.3 Å². The van der Waals surface area contributed by atoms with Gasteiger partial charge in [0.2, 0.25) is 0 Å². The Morgan fingerprint density at radius 3 is 1.80 bits per heavy atom. The summed E-state index contributed by atoms with van der Waals surface area (Å²) in [6, 6.07) is 24.9. The first-order valence-corrected chi connectivity index (χ1v) is 17.1. The van der Waals surface area contributed by atoms with Gasteiger partial charge in [-0.25, -0.2) is 12.2 Å². The van der Waals surface area contributed by atoms with Crippen molar-refractivity contribution in [3.8, 4) is 11.1 Å². The molecule has 6 rings (SSSR count). The molecule has 0 amide bonds. The molecular weight excluding hydrogens is 655 g/mol. The van der Waals surface area contributed by atoms with Gasteiger partial charge in [0.15, 0.2) is 0 Å². The van der Waals surface area contributed by atoms with Gasteiger partial charge in [-0.2, -0.15) is 65.9 Å². The van der Waals surface area contributed by atoms with E-state index in [4.69, 9.17) is 0 Å². The van der Waals surface area contributed by atoms with E-state index in [2.05, 4.69) is 108 Å². The van der Waals surface area contributed by atoms with Crippen LogP contribution in [0.3, 0.4) is 0 Å². The zero-order valence-electron chi connectivity index (χ0n) is 28.0. The van der Waals surface area contributed by atoms with Crippen molar-refractivity contribution in [1.29, 1.82) is 0 Å². The van der Waals surface area contributed by atoms with Crippen molar-refractivity contribution < 1.29 is 24.2 Å². The first kappa shape index (κ1) is 42.3. The number of rotatable bonds is 0. The predicted molar refractivity (Wildman–Crippen MR) is 197 cm³/mol. The fourth-order valence-corrected chi connectivity index (χ4v) is 4.99. The molecule has 0 spiro atoms. The Kier molecular flexibility index (Phi) is 20.4. The molecule has 44 heavy (non-hydrogen) atoms. The Morgan fingerprint density at radius 1 is 0.795 bits per heavy atom. The normalized spacial score (nSPS) is 14.1. The Bertz CT molecular complexity index is 1200. The number of hydrogen-bond donors (Lipinski definition) is 0. The van der Waals surface area contributed by atoms with Crippen molar-refractivity contribution in [1.82, 2.24) is 0 Å². The average molecular weight is 709 g/mol. The molecule has 3 heteroatoms. The number of hydrogen-bond acceptors (Lipinski definition) is 0. The van der Waals surface area contributed by atoms with Crippen LogP contribution in [0.15, 0.2) is 78.9 Å². The standard InChI is InChI=1S/C21H25.C7H13.C7H7.C5H5.CH2.2ClH.Zr/c1-20(2,3)16-9-7-14-11-15-8-10-17(21(4,5)6)13-19(15)18(14)12-16;2*1-7-5-3-2-4-6-7;1-2-4-5-3-1;;;;/h7,9-10,12-13H,11H2,1-6H3;7H,1-6H2;2-6H,1H2;1-3H,4H2;1H2;2*1H;/q4*-1;;;;. The second-order valence-corrected chi connectivity index (χ2v) is 13.3. The van der Waals surface area contributed by atoms with Crippen LogP contribution in [-0.4, -0.2) is 4.21 Å². The molecule has 0 nitrogen and oxygen atoms in total.